The number of likely N-dealkylation sites (N-methyl/N-ethyl adjacent to an activating group) is 1. The van der Waals surface area contributed by atoms with Crippen molar-refractivity contribution in [2.75, 3.05) is 13.6 Å². The molecule has 0 aromatic carbocycles. The first-order valence-electron chi connectivity index (χ1n) is 7.25. The monoisotopic (exact) mass is 268 g/mol. The molecule has 1 saturated carbocycles. The van der Waals surface area contributed by atoms with Gasteiger partial charge in [0.05, 0.1) is 6.04 Å². The van der Waals surface area contributed by atoms with Gasteiger partial charge in [-0.15, -0.1) is 0 Å². The molecule has 5 nitrogen and oxygen atoms in total. The number of nitrogens with zero attached hydrogens (tertiary/aromatic N) is 2. The van der Waals surface area contributed by atoms with Crippen LogP contribution in [0.15, 0.2) is 0 Å². The van der Waals surface area contributed by atoms with Crippen LogP contribution in [-0.2, 0) is 9.59 Å². The summed E-state index contributed by atoms with van der Waals surface area (Å²) in [6, 6.07) is 0.359. The molecule has 0 bridgehead atoms. The van der Waals surface area contributed by atoms with Crippen LogP contribution in [0.1, 0.15) is 45.4 Å². The van der Waals surface area contributed by atoms with Crippen LogP contribution in [0.25, 0.3) is 0 Å². The number of carboxylic acid groups (broad SMARTS) is 1. The summed E-state index contributed by atoms with van der Waals surface area (Å²) in [6.07, 6.45) is 5.10. The van der Waals surface area contributed by atoms with Gasteiger partial charge >= 0.3 is 5.97 Å². The van der Waals surface area contributed by atoms with E-state index < -0.39 is 5.97 Å². The maximum atomic E-state index is 12.6. The number of carbonyl (C=O) groups excluding carboxylic acids is 1. The van der Waals surface area contributed by atoms with Crippen molar-refractivity contribution in [3.05, 3.63) is 0 Å². The molecule has 1 aliphatic carbocycles. The van der Waals surface area contributed by atoms with Crippen LogP contribution in [-0.4, -0.2) is 58.5 Å². The van der Waals surface area contributed by atoms with Crippen molar-refractivity contribution < 1.29 is 14.7 Å². The van der Waals surface area contributed by atoms with Crippen molar-refractivity contribution >= 4 is 11.9 Å². The Hall–Kier alpha value is -1.10. The van der Waals surface area contributed by atoms with Crippen LogP contribution in [0, 0.1) is 0 Å². The number of piperazine rings is 1. The average Bonchev–Trinajstić information content (AvgIpc) is 2.81. The second-order valence-corrected chi connectivity index (χ2v) is 5.92. The lowest BCUT2D eigenvalue weighted by Gasteiger charge is -2.46. The number of amides is 1. The Morgan fingerprint density at radius 3 is 2.58 bits per heavy atom. The molecule has 1 aliphatic heterocycles. The summed E-state index contributed by atoms with van der Waals surface area (Å²) in [5.41, 5.74) is 0. The Morgan fingerprint density at radius 2 is 2.00 bits per heavy atom. The Labute approximate surface area is 114 Å². The number of rotatable bonds is 4. The first kappa shape index (κ1) is 14.3. The Bertz CT molecular complexity index is 353. The van der Waals surface area contributed by atoms with E-state index in [9.17, 15) is 9.59 Å². The van der Waals surface area contributed by atoms with Crippen molar-refractivity contribution in [2.45, 2.75) is 63.6 Å². The second-order valence-electron chi connectivity index (χ2n) is 5.92. The maximum Gasteiger partial charge on any atom is 0.303 e. The van der Waals surface area contributed by atoms with Crippen molar-refractivity contribution in [1.82, 2.24) is 9.80 Å². The molecule has 1 saturated heterocycles. The molecule has 2 rings (SSSR count). The molecule has 5 heteroatoms. The largest absolute Gasteiger partial charge is 0.481 e. The summed E-state index contributed by atoms with van der Waals surface area (Å²) in [5.74, 6) is -0.693. The van der Waals surface area contributed by atoms with Gasteiger partial charge in [-0.1, -0.05) is 12.8 Å². The molecule has 2 unspecified atom stereocenters. The zero-order chi connectivity index (χ0) is 14.0. The van der Waals surface area contributed by atoms with Crippen molar-refractivity contribution in [3.63, 3.8) is 0 Å². The highest BCUT2D eigenvalue weighted by Crippen LogP contribution is 2.29. The van der Waals surface area contributed by atoms with E-state index in [1.165, 1.54) is 12.8 Å². The molecule has 0 spiro atoms. The molecule has 1 amide bonds. The molecule has 0 radical (unpaired) electrons. The van der Waals surface area contributed by atoms with Crippen LogP contribution in [0.4, 0.5) is 0 Å². The summed E-state index contributed by atoms with van der Waals surface area (Å²) in [5, 5.41) is 8.80. The highest BCUT2D eigenvalue weighted by atomic mass is 16.4. The van der Waals surface area contributed by atoms with E-state index in [0.29, 0.717) is 12.5 Å². The SMILES string of the molecule is CC1CN(C)C(CCC(=O)O)C(=O)N1C1CCCC1. The third-order valence-electron chi connectivity index (χ3n) is 4.45. The summed E-state index contributed by atoms with van der Waals surface area (Å²) in [7, 11) is 1.92. The molecule has 2 fully saturated rings. The van der Waals surface area contributed by atoms with E-state index in [4.69, 9.17) is 5.11 Å². The number of carbonyl (C=O) groups is 2. The molecule has 0 aromatic heterocycles. The summed E-state index contributed by atoms with van der Waals surface area (Å²) in [6.45, 7) is 2.94. The number of hydrogen-bond donors (Lipinski definition) is 1. The van der Waals surface area contributed by atoms with Gasteiger partial charge in [0.15, 0.2) is 0 Å². The first-order valence-corrected chi connectivity index (χ1v) is 7.25. The van der Waals surface area contributed by atoms with Crippen LogP contribution >= 0.6 is 0 Å². The van der Waals surface area contributed by atoms with Gasteiger partial charge in [0, 0.05) is 25.0 Å². The van der Waals surface area contributed by atoms with Crippen LogP contribution in [0.3, 0.4) is 0 Å². The van der Waals surface area contributed by atoms with Crippen molar-refractivity contribution in [3.8, 4) is 0 Å². The van der Waals surface area contributed by atoms with E-state index in [0.717, 1.165) is 19.4 Å². The van der Waals surface area contributed by atoms with Crippen LogP contribution < -0.4 is 0 Å². The van der Waals surface area contributed by atoms with Gasteiger partial charge in [-0.3, -0.25) is 14.5 Å². The molecular weight excluding hydrogens is 244 g/mol. The standard InChI is InChI=1S/C14H24N2O3/c1-10-9-15(2)12(7-8-13(17)18)14(19)16(10)11-5-3-4-6-11/h10-12H,3-9H2,1-2H3,(H,17,18). The Kier molecular flexibility index (Phi) is 4.45. The molecule has 1 N–H and O–H groups in total. The highest BCUT2D eigenvalue weighted by molar-refractivity contribution is 5.84. The predicted molar refractivity (Wildman–Crippen MR) is 71.9 cm³/mol. The number of carboxylic acids is 1. The zero-order valence-electron chi connectivity index (χ0n) is 11.8. The number of aliphatic carboxylic acids is 1. The van der Waals surface area contributed by atoms with Gasteiger partial charge in [0.1, 0.15) is 0 Å². The minimum absolute atomic E-state index is 0.0631. The van der Waals surface area contributed by atoms with Gasteiger partial charge in [-0.2, -0.15) is 0 Å². The fourth-order valence-electron chi connectivity index (χ4n) is 3.54. The highest BCUT2D eigenvalue weighted by Gasteiger charge is 2.40. The number of hydrogen-bond acceptors (Lipinski definition) is 3. The lowest BCUT2D eigenvalue weighted by molar-refractivity contribution is -0.148. The maximum absolute atomic E-state index is 12.6. The summed E-state index contributed by atoms with van der Waals surface area (Å²) < 4.78 is 0. The molecule has 2 atom stereocenters. The Morgan fingerprint density at radius 1 is 1.37 bits per heavy atom. The van der Waals surface area contributed by atoms with Gasteiger partial charge < -0.3 is 10.0 Å². The van der Waals surface area contributed by atoms with Gasteiger partial charge in [-0.25, -0.2) is 0 Å². The lowest BCUT2D eigenvalue weighted by atomic mass is 10.00. The molecular formula is C14H24N2O3. The topological polar surface area (TPSA) is 60.9 Å². The normalized spacial score (nSPS) is 30.0. The molecule has 0 aromatic rings. The molecule has 1 heterocycles. The fourth-order valence-corrected chi connectivity index (χ4v) is 3.54. The fraction of sp³-hybridized carbons (Fsp3) is 0.857. The van der Waals surface area contributed by atoms with E-state index in [2.05, 4.69) is 6.92 Å². The van der Waals surface area contributed by atoms with Crippen LogP contribution in [0.5, 0.6) is 0 Å². The third kappa shape index (κ3) is 3.08. The summed E-state index contributed by atoms with van der Waals surface area (Å²) in [4.78, 5) is 27.4. The van der Waals surface area contributed by atoms with Crippen molar-refractivity contribution in [2.24, 2.45) is 0 Å². The lowest BCUT2D eigenvalue weighted by Crippen LogP contribution is -2.62. The predicted octanol–water partition coefficient (Wildman–Crippen LogP) is 1.32. The van der Waals surface area contributed by atoms with E-state index >= 15 is 0 Å². The molecule has 2 aliphatic rings. The quantitative estimate of drug-likeness (QED) is 0.835. The van der Waals surface area contributed by atoms with E-state index in [1.807, 2.05) is 16.8 Å². The zero-order valence-corrected chi connectivity index (χ0v) is 11.8. The first-order chi connectivity index (χ1) is 9.00. The van der Waals surface area contributed by atoms with E-state index in [1.54, 1.807) is 0 Å². The third-order valence-corrected chi connectivity index (χ3v) is 4.45. The molecule has 19 heavy (non-hydrogen) atoms. The smallest absolute Gasteiger partial charge is 0.303 e. The molecule has 108 valence electrons. The van der Waals surface area contributed by atoms with Crippen LogP contribution in [0.2, 0.25) is 0 Å². The second kappa shape index (κ2) is 5.90. The van der Waals surface area contributed by atoms with Gasteiger partial charge in [-0.05, 0) is 33.2 Å². The minimum atomic E-state index is -0.827. The summed E-state index contributed by atoms with van der Waals surface area (Å²) >= 11 is 0. The van der Waals surface area contributed by atoms with Gasteiger partial charge in [0.25, 0.3) is 0 Å². The Balaban J connectivity index is 2.06. The average molecular weight is 268 g/mol. The minimum Gasteiger partial charge on any atom is -0.481 e. The van der Waals surface area contributed by atoms with E-state index in [-0.39, 0.29) is 24.4 Å². The van der Waals surface area contributed by atoms with Crippen molar-refractivity contribution in [1.29, 1.82) is 0 Å². The van der Waals surface area contributed by atoms with Gasteiger partial charge in [0.2, 0.25) is 5.91 Å².